The number of nitrogens with one attached hydrogen (secondary N) is 1. The summed E-state index contributed by atoms with van der Waals surface area (Å²) in [6.07, 6.45) is 8.05. The van der Waals surface area contributed by atoms with Gasteiger partial charge in [0.1, 0.15) is 0 Å². The van der Waals surface area contributed by atoms with Crippen molar-refractivity contribution < 1.29 is 0 Å². The summed E-state index contributed by atoms with van der Waals surface area (Å²) >= 11 is 0. The van der Waals surface area contributed by atoms with E-state index in [1.807, 2.05) is 31.2 Å². The predicted octanol–water partition coefficient (Wildman–Crippen LogP) is 3.77. The summed E-state index contributed by atoms with van der Waals surface area (Å²) < 4.78 is 0. The van der Waals surface area contributed by atoms with Crippen molar-refractivity contribution in [3.05, 3.63) is 71.8 Å². The Balaban J connectivity index is 2.28. The molecule has 0 aromatic heterocycles. The van der Waals surface area contributed by atoms with E-state index >= 15 is 0 Å². The van der Waals surface area contributed by atoms with Crippen LogP contribution in [0.15, 0.2) is 60.7 Å². The van der Waals surface area contributed by atoms with E-state index in [9.17, 15) is 0 Å². The van der Waals surface area contributed by atoms with E-state index in [0.717, 1.165) is 18.7 Å². The van der Waals surface area contributed by atoms with Gasteiger partial charge in [-0.25, -0.2) is 0 Å². The first-order valence-corrected chi connectivity index (χ1v) is 5.96. The van der Waals surface area contributed by atoms with Gasteiger partial charge >= 0.3 is 0 Å². The fourth-order valence-electron chi connectivity index (χ4n) is 1.43. The van der Waals surface area contributed by atoms with E-state index in [-0.39, 0.29) is 0 Å². The van der Waals surface area contributed by atoms with Crippen LogP contribution in [0, 0.1) is 6.92 Å². The highest BCUT2D eigenvalue weighted by Gasteiger charge is 1.92. The average molecular weight is 227 g/mol. The van der Waals surface area contributed by atoms with Crippen LogP contribution in [0.1, 0.15) is 18.1 Å². The Morgan fingerprint density at radius 1 is 1.24 bits per heavy atom. The van der Waals surface area contributed by atoms with Crippen LogP contribution >= 0.6 is 0 Å². The van der Waals surface area contributed by atoms with Crippen molar-refractivity contribution in [3.8, 4) is 0 Å². The summed E-state index contributed by atoms with van der Waals surface area (Å²) in [5, 5.41) is 3.37. The van der Waals surface area contributed by atoms with Gasteiger partial charge in [0.15, 0.2) is 0 Å². The molecule has 0 atom stereocenters. The van der Waals surface area contributed by atoms with E-state index in [0.29, 0.717) is 0 Å². The van der Waals surface area contributed by atoms with Gasteiger partial charge in [-0.15, -0.1) is 0 Å². The first kappa shape index (κ1) is 13.5. The molecule has 90 valence electrons. The topological polar surface area (TPSA) is 12.0 Å². The second-order valence-corrected chi connectivity index (χ2v) is 4.13. The molecule has 1 nitrogen and oxygen atoms in total. The molecule has 0 aliphatic heterocycles. The third-order valence-electron chi connectivity index (χ3n) is 2.44. The van der Waals surface area contributed by atoms with Crippen molar-refractivity contribution in [1.29, 1.82) is 0 Å². The van der Waals surface area contributed by atoms with Crippen molar-refractivity contribution in [2.45, 2.75) is 20.4 Å². The van der Waals surface area contributed by atoms with Crippen molar-refractivity contribution in [2.75, 3.05) is 6.54 Å². The van der Waals surface area contributed by atoms with E-state index < -0.39 is 0 Å². The predicted molar refractivity (Wildman–Crippen MR) is 76.0 cm³/mol. The largest absolute Gasteiger partial charge is 0.309 e. The van der Waals surface area contributed by atoms with Gasteiger partial charge in [0.05, 0.1) is 0 Å². The second-order valence-electron chi connectivity index (χ2n) is 4.13. The number of allylic oxidation sites excluding steroid dienone is 3. The first-order valence-electron chi connectivity index (χ1n) is 5.96. The minimum Gasteiger partial charge on any atom is -0.309 e. The van der Waals surface area contributed by atoms with Crippen molar-refractivity contribution in [3.63, 3.8) is 0 Å². The normalized spacial score (nSPS) is 11.4. The van der Waals surface area contributed by atoms with Gasteiger partial charge in [0.2, 0.25) is 0 Å². The quantitative estimate of drug-likeness (QED) is 0.729. The Hall–Kier alpha value is -1.60. The van der Waals surface area contributed by atoms with Crippen LogP contribution in [0.5, 0.6) is 0 Å². The number of hydrogen-bond donors (Lipinski definition) is 1. The number of benzene rings is 1. The van der Waals surface area contributed by atoms with Crippen LogP contribution in [0.4, 0.5) is 0 Å². The fourth-order valence-corrected chi connectivity index (χ4v) is 1.43. The van der Waals surface area contributed by atoms with Gasteiger partial charge in [-0.3, -0.25) is 0 Å². The molecule has 1 heteroatoms. The van der Waals surface area contributed by atoms with Crippen LogP contribution < -0.4 is 5.32 Å². The van der Waals surface area contributed by atoms with Gasteiger partial charge in [-0.2, -0.15) is 0 Å². The zero-order valence-corrected chi connectivity index (χ0v) is 10.7. The smallest absolute Gasteiger partial charge is 0.0208 e. The number of hydrogen-bond acceptors (Lipinski definition) is 1. The average Bonchev–Trinajstić information content (AvgIpc) is 2.32. The Kier molecular flexibility index (Phi) is 6.05. The van der Waals surface area contributed by atoms with Crippen molar-refractivity contribution in [1.82, 2.24) is 5.32 Å². The van der Waals surface area contributed by atoms with Gasteiger partial charge in [-0.05, 0) is 25.0 Å². The summed E-state index contributed by atoms with van der Waals surface area (Å²) in [6.45, 7) is 9.80. The molecule has 1 N–H and O–H groups in total. The molecule has 1 rings (SSSR count). The fraction of sp³-hybridized carbons (Fsp3) is 0.250. The molecule has 0 radical (unpaired) electrons. The Bertz CT molecular complexity index is 396. The Morgan fingerprint density at radius 2 is 1.94 bits per heavy atom. The third kappa shape index (κ3) is 5.88. The highest BCUT2D eigenvalue weighted by Crippen LogP contribution is 2.02. The maximum Gasteiger partial charge on any atom is 0.0208 e. The van der Waals surface area contributed by atoms with Crippen molar-refractivity contribution >= 4 is 0 Å². The molecule has 0 aliphatic rings. The van der Waals surface area contributed by atoms with Crippen LogP contribution in [0.25, 0.3) is 0 Å². The molecule has 1 aromatic rings. The molecule has 0 saturated heterocycles. The molecular formula is C16H21N. The maximum absolute atomic E-state index is 3.99. The molecule has 0 fully saturated rings. The lowest BCUT2D eigenvalue weighted by Gasteiger charge is -2.05. The lowest BCUT2D eigenvalue weighted by molar-refractivity contribution is 0.748. The molecule has 0 unspecified atom stereocenters. The standard InChI is InChI=1S/C16H21N/c1-4-5-6-7-15(3)12-17-13-16-10-8-14(2)9-11-16/h4-11,17H,3,12-13H2,1-2H3/b5-4-,7-6-. The Labute approximate surface area is 105 Å². The van der Waals surface area contributed by atoms with E-state index in [4.69, 9.17) is 0 Å². The molecule has 0 amide bonds. The zero-order valence-electron chi connectivity index (χ0n) is 10.7. The van der Waals surface area contributed by atoms with Crippen LogP contribution in [0.3, 0.4) is 0 Å². The highest BCUT2D eigenvalue weighted by atomic mass is 14.8. The molecule has 1 aromatic carbocycles. The Morgan fingerprint density at radius 3 is 2.59 bits per heavy atom. The van der Waals surface area contributed by atoms with Gasteiger partial charge < -0.3 is 5.32 Å². The van der Waals surface area contributed by atoms with Crippen LogP contribution in [-0.4, -0.2) is 6.54 Å². The summed E-state index contributed by atoms with van der Waals surface area (Å²) in [6, 6.07) is 8.58. The lowest BCUT2D eigenvalue weighted by atomic mass is 10.1. The SMILES string of the molecule is C=C(/C=C\C=C/C)CNCc1ccc(C)cc1. The highest BCUT2D eigenvalue weighted by molar-refractivity contribution is 5.22. The molecule has 17 heavy (non-hydrogen) atoms. The zero-order chi connectivity index (χ0) is 12.5. The molecule has 0 aliphatic carbocycles. The minimum absolute atomic E-state index is 0.821. The summed E-state index contributed by atoms with van der Waals surface area (Å²) in [7, 11) is 0. The minimum atomic E-state index is 0.821. The van der Waals surface area contributed by atoms with Gasteiger partial charge in [0.25, 0.3) is 0 Å². The second kappa shape index (κ2) is 7.64. The van der Waals surface area contributed by atoms with Gasteiger partial charge in [0, 0.05) is 13.1 Å². The van der Waals surface area contributed by atoms with E-state index in [1.54, 1.807) is 0 Å². The summed E-state index contributed by atoms with van der Waals surface area (Å²) in [4.78, 5) is 0. The van der Waals surface area contributed by atoms with Crippen LogP contribution in [-0.2, 0) is 6.54 Å². The van der Waals surface area contributed by atoms with E-state index in [2.05, 4.69) is 43.1 Å². The monoisotopic (exact) mass is 227 g/mol. The van der Waals surface area contributed by atoms with E-state index in [1.165, 1.54) is 11.1 Å². The molecular weight excluding hydrogens is 206 g/mol. The summed E-state index contributed by atoms with van der Waals surface area (Å²) in [5.41, 5.74) is 3.70. The molecule has 0 spiro atoms. The lowest BCUT2D eigenvalue weighted by Crippen LogP contribution is -2.15. The number of aryl methyl sites for hydroxylation is 1. The first-order chi connectivity index (χ1) is 8.22. The molecule has 0 heterocycles. The van der Waals surface area contributed by atoms with Crippen LogP contribution in [0.2, 0.25) is 0 Å². The third-order valence-corrected chi connectivity index (χ3v) is 2.44. The molecule has 0 saturated carbocycles. The summed E-state index contributed by atoms with van der Waals surface area (Å²) in [5.74, 6) is 0. The maximum atomic E-state index is 3.99. The van der Waals surface area contributed by atoms with Crippen molar-refractivity contribution in [2.24, 2.45) is 0 Å². The molecule has 0 bridgehead atoms. The number of rotatable bonds is 6. The van der Waals surface area contributed by atoms with Gasteiger partial charge in [-0.1, -0.05) is 60.7 Å².